The van der Waals surface area contributed by atoms with Gasteiger partial charge in [-0.15, -0.1) is 0 Å². The predicted molar refractivity (Wildman–Crippen MR) is 89.0 cm³/mol. The molecule has 0 aliphatic carbocycles. The first-order valence-corrected chi connectivity index (χ1v) is 9.51. The van der Waals surface area contributed by atoms with Gasteiger partial charge in [0.25, 0.3) is 0 Å². The number of fused-ring (bicyclic) bond motifs is 1. The third-order valence-corrected chi connectivity index (χ3v) is 4.81. The van der Waals surface area contributed by atoms with E-state index < -0.39 is 47.7 Å². The number of aliphatic hydroxyl groups excluding tert-OH is 3. The number of rotatable bonds is 5. The molecule has 0 radical (unpaired) electrons. The summed E-state index contributed by atoms with van der Waals surface area (Å²) in [6.45, 7) is -0.837. The number of hydrogen-bond donors (Lipinski definition) is 4. The molecule has 1 fully saturated rings. The zero-order valence-electron chi connectivity index (χ0n) is 14.0. The molecule has 0 spiro atoms. The molecule has 0 saturated carbocycles. The summed E-state index contributed by atoms with van der Waals surface area (Å²) in [5, 5.41) is 30.6. The minimum atomic E-state index is -5.02. The van der Waals surface area contributed by atoms with Gasteiger partial charge in [0.2, 0.25) is 16.7 Å². The van der Waals surface area contributed by atoms with Crippen molar-refractivity contribution in [3.05, 3.63) is 28.9 Å². The van der Waals surface area contributed by atoms with Gasteiger partial charge in [0.15, 0.2) is 0 Å². The van der Waals surface area contributed by atoms with Crippen molar-refractivity contribution in [2.75, 3.05) is 6.61 Å². The van der Waals surface area contributed by atoms with E-state index in [9.17, 15) is 28.3 Å². The fraction of sp³-hybridized carbons (Fsp3) is 0.429. The standard InChI is InChI=1S/C14H16BrNO9S.Na/c15-6-1-2-8-7(3-6)9(4-16-8)24-14-13(19)12(18)11(17)10(25-14)5-23-26(20,21)22;/h1-4,10-14,16-19H,5H2,(H,20,21,22);/q;+1/p-1/t10?,11-,12+,13?,14+;/m0./s1. The van der Waals surface area contributed by atoms with E-state index in [0.29, 0.717) is 11.1 Å². The SMILES string of the molecule is O=S(=O)([O-])OCC1O[C@@H](Oc2c[nH]c3ccc(Br)cc23)C(O)[C@H](O)[C@H]1O.[Na+]. The summed E-state index contributed by atoms with van der Waals surface area (Å²) in [6.07, 6.45) is -6.33. The molecule has 5 atom stereocenters. The predicted octanol–water partition coefficient (Wildman–Crippen LogP) is -3.40. The molecule has 27 heavy (non-hydrogen) atoms. The molecule has 0 bridgehead atoms. The molecule has 4 N–H and O–H groups in total. The Kier molecular flexibility index (Phi) is 7.72. The van der Waals surface area contributed by atoms with Gasteiger partial charge >= 0.3 is 29.6 Å². The third-order valence-electron chi connectivity index (χ3n) is 3.89. The maximum atomic E-state index is 10.6. The van der Waals surface area contributed by atoms with E-state index in [-0.39, 0.29) is 29.6 Å². The van der Waals surface area contributed by atoms with Gasteiger partial charge in [-0.05, 0) is 18.2 Å². The molecule has 1 aromatic heterocycles. The fourth-order valence-electron chi connectivity index (χ4n) is 2.59. The van der Waals surface area contributed by atoms with Crippen LogP contribution in [0.1, 0.15) is 0 Å². The second-order valence-corrected chi connectivity index (χ2v) is 7.64. The summed E-state index contributed by atoms with van der Waals surface area (Å²) < 4.78 is 47.4. The number of H-pyrrole nitrogens is 1. The van der Waals surface area contributed by atoms with Crippen molar-refractivity contribution < 1.29 is 71.5 Å². The first kappa shape index (κ1) is 23.0. The van der Waals surface area contributed by atoms with Gasteiger partial charge in [0.1, 0.15) is 30.2 Å². The van der Waals surface area contributed by atoms with Crippen molar-refractivity contribution in [1.82, 2.24) is 4.98 Å². The first-order valence-electron chi connectivity index (χ1n) is 7.39. The minimum absolute atomic E-state index is 0. The molecule has 3 rings (SSSR count). The number of hydrogen-bond acceptors (Lipinski definition) is 9. The number of ether oxygens (including phenoxy) is 2. The average molecular weight is 476 g/mol. The van der Waals surface area contributed by atoms with E-state index in [0.717, 1.165) is 9.99 Å². The Morgan fingerprint density at radius 1 is 1.22 bits per heavy atom. The van der Waals surface area contributed by atoms with Crippen LogP contribution in [0, 0.1) is 0 Å². The summed E-state index contributed by atoms with van der Waals surface area (Å²) in [4.78, 5) is 2.96. The summed E-state index contributed by atoms with van der Waals surface area (Å²) in [7, 11) is -5.02. The van der Waals surface area contributed by atoms with Crippen LogP contribution in [0.5, 0.6) is 5.75 Å². The van der Waals surface area contributed by atoms with Crippen molar-refractivity contribution in [3.8, 4) is 5.75 Å². The quantitative estimate of drug-likeness (QED) is 0.196. The monoisotopic (exact) mass is 475 g/mol. The molecule has 1 aromatic carbocycles. The van der Waals surface area contributed by atoms with E-state index in [1.54, 1.807) is 12.1 Å². The van der Waals surface area contributed by atoms with Gasteiger partial charge in [-0.2, -0.15) is 0 Å². The summed E-state index contributed by atoms with van der Waals surface area (Å²) in [5.74, 6) is 0.296. The Hall–Kier alpha value is -0.250. The van der Waals surface area contributed by atoms with Crippen LogP contribution >= 0.6 is 15.9 Å². The molecule has 1 aliphatic heterocycles. The van der Waals surface area contributed by atoms with Crippen molar-refractivity contribution >= 4 is 37.2 Å². The van der Waals surface area contributed by atoms with Crippen LogP contribution in [0.3, 0.4) is 0 Å². The van der Waals surface area contributed by atoms with Gasteiger partial charge < -0.3 is 34.3 Å². The van der Waals surface area contributed by atoms with Crippen molar-refractivity contribution in [3.63, 3.8) is 0 Å². The number of aromatic amines is 1. The molecule has 1 aliphatic rings. The Bertz CT molecular complexity index is 892. The largest absolute Gasteiger partial charge is 1.00 e. The zero-order chi connectivity index (χ0) is 19.1. The minimum Gasteiger partial charge on any atom is -0.726 e. The van der Waals surface area contributed by atoms with Crippen LogP contribution in [-0.4, -0.2) is 70.6 Å². The number of aliphatic hydroxyl groups is 3. The maximum absolute atomic E-state index is 10.6. The molecule has 13 heteroatoms. The third kappa shape index (κ3) is 5.42. The summed E-state index contributed by atoms with van der Waals surface area (Å²) in [5.41, 5.74) is 0.742. The molecule has 0 amide bonds. The van der Waals surface area contributed by atoms with E-state index in [2.05, 4.69) is 25.1 Å². The molecular formula is C14H15BrNNaO9S. The fourth-order valence-corrected chi connectivity index (χ4v) is 3.25. The molecular weight excluding hydrogens is 461 g/mol. The maximum Gasteiger partial charge on any atom is 1.00 e. The van der Waals surface area contributed by atoms with E-state index >= 15 is 0 Å². The van der Waals surface area contributed by atoms with Crippen LogP contribution in [0.25, 0.3) is 10.9 Å². The van der Waals surface area contributed by atoms with Crippen LogP contribution in [0.4, 0.5) is 0 Å². The number of halogens is 1. The first-order chi connectivity index (χ1) is 12.2. The number of benzene rings is 1. The second-order valence-electron chi connectivity index (χ2n) is 5.67. The summed E-state index contributed by atoms with van der Waals surface area (Å²) in [6, 6.07) is 5.36. The smallest absolute Gasteiger partial charge is 0.726 e. The average Bonchev–Trinajstić information content (AvgIpc) is 2.95. The Morgan fingerprint density at radius 3 is 2.59 bits per heavy atom. The molecule has 2 unspecified atom stereocenters. The normalized spacial score (nSPS) is 28.7. The summed E-state index contributed by atoms with van der Waals surface area (Å²) >= 11 is 3.33. The van der Waals surface area contributed by atoms with E-state index in [1.807, 2.05) is 6.07 Å². The van der Waals surface area contributed by atoms with Gasteiger partial charge in [-0.3, -0.25) is 4.18 Å². The van der Waals surface area contributed by atoms with Gasteiger partial charge in [-0.1, -0.05) is 15.9 Å². The van der Waals surface area contributed by atoms with Gasteiger partial charge in [-0.25, -0.2) is 8.42 Å². The Labute approximate surface area is 184 Å². The van der Waals surface area contributed by atoms with Crippen molar-refractivity contribution in [2.45, 2.75) is 30.7 Å². The molecule has 10 nitrogen and oxygen atoms in total. The Balaban J connectivity index is 0.00000261. The molecule has 2 heterocycles. The van der Waals surface area contributed by atoms with Gasteiger partial charge in [0.05, 0.1) is 6.61 Å². The Morgan fingerprint density at radius 2 is 1.93 bits per heavy atom. The molecule has 144 valence electrons. The van der Waals surface area contributed by atoms with E-state index in [1.165, 1.54) is 6.20 Å². The van der Waals surface area contributed by atoms with Crippen LogP contribution in [0.2, 0.25) is 0 Å². The molecule has 2 aromatic rings. The zero-order valence-corrected chi connectivity index (χ0v) is 18.4. The van der Waals surface area contributed by atoms with Crippen molar-refractivity contribution in [2.24, 2.45) is 0 Å². The topological polar surface area (TPSA) is 161 Å². The van der Waals surface area contributed by atoms with Crippen LogP contribution < -0.4 is 34.3 Å². The second kappa shape index (κ2) is 9.05. The van der Waals surface area contributed by atoms with E-state index in [4.69, 9.17) is 9.47 Å². The van der Waals surface area contributed by atoms with Crippen LogP contribution in [0.15, 0.2) is 28.9 Å². The van der Waals surface area contributed by atoms with Crippen LogP contribution in [-0.2, 0) is 19.3 Å². The number of nitrogens with one attached hydrogen (secondary N) is 1. The van der Waals surface area contributed by atoms with Gasteiger partial charge in [0, 0.05) is 21.6 Å². The number of aromatic nitrogens is 1. The van der Waals surface area contributed by atoms with Crippen molar-refractivity contribution in [1.29, 1.82) is 0 Å². The molecule has 1 saturated heterocycles.